The van der Waals surface area contributed by atoms with Crippen molar-refractivity contribution in [3.05, 3.63) is 28.8 Å². The van der Waals surface area contributed by atoms with Gasteiger partial charge in [-0.1, -0.05) is 17.7 Å². The molecule has 1 saturated heterocycles. The van der Waals surface area contributed by atoms with Gasteiger partial charge >= 0.3 is 0 Å². The van der Waals surface area contributed by atoms with Crippen LogP contribution in [0, 0.1) is 11.3 Å². The fourth-order valence-electron chi connectivity index (χ4n) is 3.37. The van der Waals surface area contributed by atoms with Gasteiger partial charge in [-0.05, 0) is 49.9 Å². The normalized spacial score (nSPS) is 21.8. The molecular weight excluding hydrogens is 323 g/mol. The lowest BCUT2D eigenvalue weighted by molar-refractivity contribution is -0.123. The lowest BCUT2D eigenvalue weighted by Crippen LogP contribution is -2.33. The summed E-state index contributed by atoms with van der Waals surface area (Å²) >= 11 is 5.94. The van der Waals surface area contributed by atoms with Crippen molar-refractivity contribution in [1.29, 1.82) is 0 Å². The van der Waals surface area contributed by atoms with Gasteiger partial charge in [0.1, 0.15) is 5.75 Å². The Balaban J connectivity index is 0.00000176. The van der Waals surface area contributed by atoms with Crippen molar-refractivity contribution in [2.24, 2.45) is 11.3 Å². The summed E-state index contributed by atoms with van der Waals surface area (Å²) in [6.07, 6.45) is 3.28. The second-order valence-electron chi connectivity index (χ2n) is 6.04. The Kier molecular flexibility index (Phi) is 5.59. The van der Waals surface area contributed by atoms with E-state index in [0.29, 0.717) is 11.6 Å². The minimum absolute atomic E-state index is 0. The third-order valence-electron chi connectivity index (χ3n) is 4.81. The number of hydrogen-bond donors (Lipinski definition) is 2. The Morgan fingerprint density at radius 3 is 2.86 bits per heavy atom. The van der Waals surface area contributed by atoms with Crippen molar-refractivity contribution in [1.82, 2.24) is 10.6 Å². The van der Waals surface area contributed by atoms with E-state index >= 15 is 0 Å². The number of piperidine rings is 1. The standard InChI is InChI=1S/C16H21ClN2O2.ClH/c1-21-14-8-12(17)3-2-11(14)10-19-15(20)13-9-16(13)4-6-18-7-5-16;/h2-3,8,13,18H,4-7,9-10H2,1H3,(H,19,20);1H. The molecule has 0 aromatic heterocycles. The van der Waals surface area contributed by atoms with Gasteiger partial charge in [0, 0.05) is 23.0 Å². The van der Waals surface area contributed by atoms with E-state index in [1.165, 1.54) is 0 Å². The molecule has 22 heavy (non-hydrogen) atoms. The van der Waals surface area contributed by atoms with Gasteiger partial charge in [0.15, 0.2) is 0 Å². The van der Waals surface area contributed by atoms with Crippen LogP contribution in [0.15, 0.2) is 18.2 Å². The Morgan fingerprint density at radius 1 is 1.45 bits per heavy atom. The maximum absolute atomic E-state index is 12.3. The molecule has 3 rings (SSSR count). The van der Waals surface area contributed by atoms with Crippen molar-refractivity contribution in [2.75, 3.05) is 20.2 Å². The number of benzene rings is 1. The maximum atomic E-state index is 12.3. The lowest BCUT2D eigenvalue weighted by atomic mass is 9.92. The van der Waals surface area contributed by atoms with Crippen molar-refractivity contribution in [3.63, 3.8) is 0 Å². The van der Waals surface area contributed by atoms with Gasteiger partial charge < -0.3 is 15.4 Å². The zero-order valence-corrected chi connectivity index (χ0v) is 14.2. The molecule has 6 heteroatoms. The zero-order chi connectivity index (χ0) is 14.9. The number of rotatable bonds is 4. The summed E-state index contributed by atoms with van der Waals surface area (Å²) in [7, 11) is 1.61. The van der Waals surface area contributed by atoms with E-state index in [4.69, 9.17) is 16.3 Å². The van der Waals surface area contributed by atoms with Crippen molar-refractivity contribution < 1.29 is 9.53 Å². The van der Waals surface area contributed by atoms with Gasteiger partial charge in [-0.2, -0.15) is 0 Å². The number of hydrogen-bond acceptors (Lipinski definition) is 3. The van der Waals surface area contributed by atoms with Crippen LogP contribution in [0.25, 0.3) is 0 Å². The molecular formula is C16H22Cl2N2O2. The van der Waals surface area contributed by atoms with Crippen LogP contribution in [0.4, 0.5) is 0 Å². The van der Waals surface area contributed by atoms with Crippen LogP contribution in [-0.2, 0) is 11.3 Å². The quantitative estimate of drug-likeness (QED) is 0.882. The zero-order valence-electron chi connectivity index (χ0n) is 12.7. The Bertz CT molecular complexity index is 545. The summed E-state index contributed by atoms with van der Waals surface area (Å²) in [5.41, 5.74) is 1.23. The van der Waals surface area contributed by atoms with E-state index < -0.39 is 0 Å². The van der Waals surface area contributed by atoms with E-state index in [1.807, 2.05) is 12.1 Å². The fourth-order valence-corrected chi connectivity index (χ4v) is 3.53. The Hall–Kier alpha value is -0.970. The van der Waals surface area contributed by atoms with Gasteiger partial charge in [-0.15, -0.1) is 12.4 Å². The molecule has 2 aliphatic rings. The van der Waals surface area contributed by atoms with Gasteiger partial charge in [-0.3, -0.25) is 4.79 Å². The molecule has 1 aromatic rings. The minimum atomic E-state index is 0. The molecule has 1 aromatic carbocycles. The summed E-state index contributed by atoms with van der Waals surface area (Å²) < 4.78 is 5.30. The fraction of sp³-hybridized carbons (Fsp3) is 0.562. The number of methoxy groups -OCH3 is 1. The van der Waals surface area contributed by atoms with Crippen LogP contribution in [0.1, 0.15) is 24.8 Å². The van der Waals surface area contributed by atoms with E-state index in [1.54, 1.807) is 13.2 Å². The Labute approximate surface area is 142 Å². The second kappa shape index (κ2) is 7.07. The molecule has 1 saturated carbocycles. The highest BCUT2D eigenvalue weighted by Crippen LogP contribution is 2.58. The van der Waals surface area contributed by atoms with Crippen molar-refractivity contribution >= 4 is 29.9 Å². The van der Waals surface area contributed by atoms with Crippen LogP contribution < -0.4 is 15.4 Å². The summed E-state index contributed by atoms with van der Waals surface area (Å²) in [6, 6.07) is 5.49. The molecule has 1 unspecified atom stereocenters. The predicted molar refractivity (Wildman–Crippen MR) is 89.7 cm³/mol. The smallest absolute Gasteiger partial charge is 0.223 e. The molecule has 4 nitrogen and oxygen atoms in total. The topological polar surface area (TPSA) is 50.4 Å². The highest BCUT2D eigenvalue weighted by Gasteiger charge is 2.57. The molecule has 1 aliphatic carbocycles. The molecule has 0 radical (unpaired) electrons. The molecule has 0 bridgehead atoms. The monoisotopic (exact) mass is 344 g/mol. The first-order valence-electron chi connectivity index (χ1n) is 7.45. The van der Waals surface area contributed by atoms with Gasteiger partial charge in [0.25, 0.3) is 0 Å². The van der Waals surface area contributed by atoms with Gasteiger partial charge in [0.05, 0.1) is 7.11 Å². The van der Waals surface area contributed by atoms with E-state index in [9.17, 15) is 4.79 Å². The minimum Gasteiger partial charge on any atom is -0.496 e. The first-order chi connectivity index (χ1) is 10.1. The second-order valence-corrected chi connectivity index (χ2v) is 6.48. The van der Waals surface area contributed by atoms with Crippen LogP contribution in [-0.4, -0.2) is 26.1 Å². The van der Waals surface area contributed by atoms with Crippen molar-refractivity contribution in [2.45, 2.75) is 25.8 Å². The number of amides is 1. The molecule has 1 spiro atoms. The summed E-state index contributed by atoms with van der Waals surface area (Å²) in [5.74, 6) is 1.09. The van der Waals surface area contributed by atoms with Gasteiger partial charge in [0.2, 0.25) is 5.91 Å². The van der Waals surface area contributed by atoms with Gasteiger partial charge in [-0.25, -0.2) is 0 Å². The van der Waals surface area contributed by atoms with E-state index in [0.717, 1.165) is 43.7 Å². The van der Waals surface area contributed by atoms with Crippen LogP contribution >= 0.6 is 24.0 Å². The van der Waals surface area contributed by atoms with E-state index in [-0.39, 0.29) is 29.6 Å². The predicted octanol–water partition coefficient (Wildman–Crippen LogP) is 2.78. The third kappa shape index (κ3) is 3.50. The molecule has 1 aliphatic heterocycles. The molecule has 1 atom stereocenters. The lowest BCUT2D eigenvalue weighted by Gasteiger charge is -2.23. The highest BCUT2D eigenvalue weighted by molar-refractivity contribution is 6.30. The highest BCUT2D eigenvalue weighted by atomic mass is 35.5. The summed E-state index contributed by atoms with van der Waals surface area (Å²) in [4.78, 5) is 12.3. The SMILES string of the molecule is COc1cc(Cl)ccc1CNC(=O)C1CC12CCNCC2.Cl. The molecule has 122 valence electrons. The number of carbonyl (C=O) groups is 1. The third-order valence-corrected chi connectivity index (χ3v) is 5.04. The van der Waals surface area contributed by atoms with E-state index in [2.05, 4.69) is 10.6 Å². The van der Waals surface area contributed by atoms with Crippen LogP contribution in [0.2, 0.25) is 5.02 Å². The largest absolute Gasteiger partial charge is 0.496 e. The Morgan fingerprint density at radius 2 is 2.18 bits per heavy atom. The number of halogens is 2. The molecule has 1 amide bonds. The number of nitrogens with one attached hydrogen (secondary N) is 2. The molecule has 1 heterocycles. The first-order valence-corrected chi connectivity index (χ1v) is 7.83. The average Bonchev–Trinajstić information content (AvgIpc) is 3.19. The summed E-state index contributed by atoms with van der Waals surface area (Å²) in [6.45, 7) is 2.56. The molecule has 2 fully saturated rings. The molecule has 2 N–H and O–H groups in total. The maximum Gasteiger partial charge on any atom is 0.223 e. The first kappa shape index (κ1) is 17.4. The number of ether oxygens (including phenoxy) is 1. The van der Waals surface area contributed by atoms with Crippen LogP contribution in [0.5, 0.6) is 5.75 Å². The average molecular weight is 345 g/mol. The van der Waals surface area contributed by atoms with Crippen molar-refractivity contribution in [3.8, 4) is 5.75 Å². The van der Waals surface area contributed by atoms with Crippen LogP contribution in [0.3, 0.4) is 0 Å². The summed E-state index contributed by atoms with van der Waals surface area (Å²) in [5, 5.41) is 7.04. The number of carbonyl (C=O) groups excluding carboxylic acids is 1.